The first-order chi connectivity index (χ1) is 15.7. The van der Waals surface area contributed by atoms with Crippen molar-refractivity contribution in [3.8, 4) is 0 Å². The van der Waals surface area contributed by atoms with Crippen molar-refractivity contribution in [2.75, 3.05) is 22.9 Å². The number of barbiturate groups is 1. The lowest BCUT2D eigenvalue weighted by atomic mass is 9.66. The first kappa shape index (κ1) is 21.6. The Labute approximate surface area is 189 Å². The molecule has 4 amide bonds. The summed E-state index contributed by atoms with van der Waals surface area (Å²) in [5.74, 6) is -0.880. The molecule has 0 aliphatic carbocycles. The van der Waals surface area contributed by atoms with E-state index in [1.807, 2.05) is 18.7 Å². The zero-order valence-corrected chi connectivity index (χ0v) is 18.8. The van der Waals surface area contributed by atoms with Crippen LogP contribution in [0, 0.1) is 5.41 Å². The number of halogens is 1. The van der Waals surface area contributed by atoms with E-state index in [-0.39, 0.29) is 6.42 Å². The molecule has 4 atom stereocenters. The van der Waals surface area contributed by atoms with E-state index in [2.05, 4.69) is 15.8 Å². The number of ether oxygens (including phenoxy) is 1. The number of hydrogen-bond acceptors (Lipinski definition) is 8. The second kappa shape index (κ2) is 7.41. The molecule has 3 aliphatic rings. The summed E-state index contributed by atoms with van der Waals surface area (Å²) < 4.78 is 27.1. The number of nitrogens with zero attached hydrogens (tertiary/aromatic N) is 3. The van der Waals surface area contributed by atoms with Crippen LogP contribution in [0.4, 0.5) is 20.7 Å². The number of nitrogens with one attached hydrogen (secondary N) is 2. The number of amides is 4. The molecule has 2 aromatic rings. The van der Waals surface area contributed by atoms with Gasteiger partial charge >= 0.3 is 6.03 Å². The molecule has 11 heteroatoms. The highest BCUT2D eigenvalue weighted by Gasteiger charge is 2.64. The number of aromatic nitrogens is 1. The maximum absolute atomic E-state index is 15.7. The summed E-state index contributed by atoms with van der Waals surface area (Å²) in [5, 5.41) is 9.34. The highest BCUT2D eigenvalue weighted by molar-refractivity contribution is 6.20. The Kier molecular flexibility index (Phi) is 4.85. The summed E-state index contributed by atoms with van der Waals surface area (Å²) in [4.78, 5) is 41.8. The van der Waals surface area contributed by atoms with Gasteiger partial charge in [-0.1, -0.05) is 5.16 Å². The van der Waals surface area contributed by atoms with Gasteiger partial charge in [0.25, 0.3) is 0 Å². The smallest absolute Gasteiger partial charge is 0.328 e. The third-order valence-electron chi connectivity index (χ3n) is 7.06. The Morgan fingerprint density at radius 2 is 1.82 bits per heavy atom. The van der Waals surface area contributed by atoms with Crippen molar-refractivity contribution >= 4 is 40.3 Å². The van der Waals surface area contributed by atoms with Crippen molar-refractivity contribution in [2.24, 2.45) is 5.41 Å². The summed E-state index contributed by atoms with van der Waals surface area (Å²) in [6.45, 7) is 8.72. The molecule has 1 spiro atoms. The van der Waals surface area contributed by atoms with Crippen LogP contribution in [-0.4, -0.2) is 60.6 Å². The van der Waals surface area contributed by atoms with E-state index >= 15 is 4.39 Å². The lowest BCUT2D eigenvalue weighted by Gasteiger charge is -2.56. The van der Waals surface area contributed by atoms with Gasteiger partial charge in [-0.15, -0.1) is 0 Å². The number of carbonyl (C=O) groups excluding carboxylic acids is 3. The minimum absolute atomic E-state index is 0.0257. The Bertz CT molecular complexity index is 1140. The lowest BCUT2D eigenvalue weighted by Crippen LogP contribution is -2.76. The van der Waals surface area contributed by atoms with Gasteiger partial charge in [0, 0.05) is 24.8 Å². The molecule has 1 aromatic carbocycles. The molecule has 1 aromatic heterocycles. The highest BCUT2D eigenvalue weighted by Crippen LogP contribution is 2.50. The number of rotatable bonds is 3. The van der Waals surface area contributed by atoms with Crippen molar-refractivity contribution in [1.82, 2.24) is 15.8 Å². The first-order valence-corrected chi connectivity index (χ1v) is 11.1. The van der Waals surface area contributed by atoms with E-state index in [0.29, 0.717) is 41.1 Å². The van der Waals surface area contributed by atoms with E-state index in [9.17, 15) is 14.4 Å². The normalized spacial score (nSPS) is 28.4. The molecule has 0 bridgehead atoms. The molecule has 176 valence electrons. The van der Waals surface area contributed by atoms with Gasteiger partial charge in [0.2, 0.25) is 11.8 Å². The van der Waals surface area contributed by atoms with Gasteiger partial charge in [-0.25, -0.2) is 9.18 Å². The van der Waals surface area contributed by atoms with Gasteiger partial charge in [0.1, 0.15) is 6.10 Å². The standard InChI is InChI=1S/C22H26FN5O5/c1-5-27(6-2)18-13-7-12-9-22(19(29)24-21(31)25-20(22)30)16-10(3)32-11(4)17(23)28(16)14(12)8-15(13)33-26-18/h7-8,10-11,16-17H,5-6,9H2,1-4H3,(H2,24,25,29,30,31)/t10-,11+,16+,17?/m0/s1. The van der Waals surface area contributed by atoms with Crippen LogP contribution in [0.1, 0.15) is 33.3 Å². The number of carbonyl (C=O) groups is 3. The van der Waals surface area contributed by atoms with Crippen molar-refractivity contribution < 1.29 is 28.0 Å². The van der Waals surface area contributed by atoms with Gasteiger partial charge in [0.15, 0.2) is 23.1 Å². The first-order valence-electron chi connectivity index (χ1n) is 11.1. The largest absolute Gasteiger partial charge is 0.368 e. The molecule has 4 heterocycles. The highest BCUT2D eigenvalue weighted by atomic mass is 19.1. The van der Waals surface area contributed by atoms with Crippen molar-refractivity contribution in [2.45, 2.75) is 58.7 Å². The molecule has 33 heavy (non-hydrogen) atoms. The lowest BCUT2D eigenvalue weighted by molar-refractivity contribution is -0.159. The van der Waals surface area contributed by atoms with Crippen LogP contribution in [0.2, 0.25) is 0 Å². The third-order valence-corrected chi connectivity index (χ3v) is 7.06. The van der Waals surface area contributed by atoms with Crippen molar-refractivity contribution in [3.05, 3.63) is 17.7 Å². The molecule has 3 aliphatic heterocycles. The maximum Gasteiger partial charge on any atom is 0.328 e. The molecule has 5 rings (SSSR count). The Morgan fingerprint density at radius 1 is 1.15 bits per heavy atom. The zero-order valence-electron chi connectivity index (χ0n) is 18.8. The van der Waals surface area contributed by atoms with Crippen molar-refractivity contribution in [3.63, 3.8) is 0 Å². The second-order valence-electron chi connectivity index (χ2n) is 8.81. The predicted molar refractivity (Wildman–Crippen MR) is 117 cm³/mol. The molecule has 10 nitrogen and oxygen atoms in total. The van der Waals surface area contributed by atoms with Crippen LogP contribution in [0.3, 0.4) is 0 Å². The molecule has 0 radical (unpaired) electrons. The van der Waals surface area contributed by atoms with Gasteiger partial charge in [0.05, 0.1) is 17.5 Å². The van der Waals surface area contributed by atoms with Crippen LogP contribution in [0.25, 0.3) is 11.0 Å². The van der Waals surface area contributed by atoms with Gasteiger partial charge in [-0.2, -0.15) is 0 Å². The number of alkyl halides is 1. The van der Waals surface area contributed by atoms with Crippen molar-refractivity contribution in [1.29, 1.82) is 0 Å². The molecule has 1 unspecified atom stereocenters. The topological polar surface area (TPSA) is 117 Å². The van der Waals surface area contributed by atoms with Crippen LogP contribution < -0.4 is 20.4 Å². The summed E-state index contributed by atoms with van der Waals surface area (Å²) in [7, 11) is 0. The fourth-order valence-electron chi connectivity index (χ4n) is 5.54. The van der Waals surface area contributed by atoms with Crippen LogP contribution in [0.5, 0.6) is 0 Å². The molecule has 2 fully saturated rings. The third kappa shape index (κ3) is 2.87. The summed E-state index contributed by atoms with van der Waals surface area (Å²) in [6, 6.07) is 1.67. The van der Waals surface area contributed by atoms with E-state index in [1.165, 1.54) is 4.90 Å². The Hall–Kier alpha value is -3.21. The Balaban J connectivity index is 1.75. The second-order valence-corrected chi connectivity index (χ2v) is 8.81. The summed E-state index contributed by atoms with van der Waals surface area (Å²) in [6.07, 6.45) is -3.11. The number of hydrogen-bond donors (Lipinski definition) is 2. The number of imide groups is 2. The predicted octanol–water partition coefficient (Wildman–Crippen LogP) is 1.86. The molecular weight excluding hydrogens is 433 g/mol. The van der Waals surface area contributed by atoms with Gasteiger partial charge in [-0.3, -0.25) is 20.2 Å². The number of morpholine rings is 1. The average molecular weight is 459 g/mol. The SMILES string of the molecule is CCN(CC)c1noc2cc3c(cc12)CC1(C(=O)NC(=O)NC1=O)[C@H]1[C@H](C)O[C@H](C)C(F)N31. The van der Waals surface area contributed by atoms with Crippen LogP contribution >= 0.6 is 0 Å². The summed E-state index contributed by atoms with van der Waals surface area (Å²) >= 11 is 0. The van der Waals surface area contributed by atoms with Crippen LogP contribution in [0.15, 0.2) is 16.7 Å². The minimum Gasteiger partial charge on any atom is -0.368 e. The minimum atomic E-state index is -1.75. The fourth-order valence-corrected chi connectivity index (χ4v) is 5.54. The zero-order chi connectivity index (χ0) is 23.7. The molecule has 0 saturated carbocycles. The monoisotopic (exact) mass is 459 g/mol. The number of fused-ring (bicyclic) bond motifs is 5. The Morgan fingerprint density at radius 3 is 2.45 bits per heavy atom. The molecule has 2 N–H and O–H groups in total. The molecular formula is C22H26FN5O5. The number of anilines is 2. The molecule has 2 saturated heterocycles. The van der Waals surface area contributed by atoms with E-state index in [4.69, 9.17) is 9.26 Å². The average Bonchev–Trinajstić information content (AvgIpc) is 3.17. The van der Waals surface area contributed by atoms with Gasteiger partial charge in [-0.05, 0) is 45.7 Å². The maximum atomic E-state index is 15.7. The summed E-state index contributed by atoms with van der Waals surface area (Å²) in [5.41, 5.74) is -0.145. The van der Waals surface area contributed by atoms with E-state index in [1.54, 1.807) is 26.0 Å². The number of benzene rings is 1. The van der Waals surface area contributed by atoms with E-state index < -0.39 is 47.8 Å². The van der Waals surface area contributed by atoms with Gasteiger partial charge < -0.3 is 19.1 Å². The van der Waals surface area contributed by atoms with E-state index in [0.717, 1.165) is 0 Å². The quantitative estimate of drug-likeness (QED) is 0.528. The fraction of sp³-hybridized carbons (Fsp3) is 0.545. The number of urea groups is 1. The van der Waals surface area contributed by atoms with Crippen LogP contribution in [-0.2, 0) is 20.7 Å².